The second-order valence-corrected chi connectivity index (χ2v) is 5.14. The number of hydrogen-bond acceptors (Lipinski definition) is 4. The van der Waals surface area contributed by atoms with Crippen molar-refractivity contribution in [2.24, 2.45) is 5.92 Å². The molecule has 0 aliphatic carbocycles. The van der Waals surface area contributed by atoms with Crippen LogP contribution < -0.4 is 10.6 Å². The van der Waals surface area contributed by atoms with E-state index in [-0.39, 0.29) is 28.1 Å². The largest absolute Gasteiger partial charge is 0.357 e. The lowest BCUT2D eigenvalue weighted by Crippen LogP contribution is -2.48. The fraction of sp³-hybridized carbons (Fsp3) is 0.385. The average molecular weight is 314 g/mol. The van der Waals surface area contributed by atoms with Crippen molar-refractivity contribution in [1.82, 2.24) is 10.6 Å². The summed E-state index contributed by atoms with van der Waals surface area (Å²) < 4.78 is 0. The number of benzene rings is 1. The molecule has 0 aliphatic rings. The van der Waals surface area contributed by atoms with Gasteiger partial charge < -0.3 is 10.6 Å². The molecule has 114 valence electrons. The maximum Gasteiger partial charge on any atom is 0.270 e. The quantitative estimate of drug-likeness (QED) is 0.638. The minimum Gasteiger partial charge on any atom is -0.357 e. The minimum absolute atomic E-state index is 0.0406. The van der Waals surface area contributed by atoms with Crippen LogP contribution in [0.25, 0.3) is 0 Å². The van der Waals surface area contributed by atoms with E-state index in [1.807, 2.05) is 0 Å². The van der Waals surface area contributed by atoms with Gasteiger partial charge in [-0.15, -0.1) is 0 Å². The molecule has 0 fully saturated rings. The van der Waals surface area contributed by atoms with E-state index < -0.39 is 16.9 Å². The number of amides is 2. The Morgan fingerprint density at radius 3 is 2.38 bits per heavy atom. The van der Waals surface area contributed by atoms with E-state index in [0.717, 1.165) is 6.07 Å². The summed E-state index contributed by atoms with van der Waals surface area (Å²) in [6.45, 7) is 3.58. The van der Waals surface area contributed by atoms with E-state index in [9.17, 15) is 19.7 Å². The van der Waals surface area contributed by atoms with E-state index in [4.69, 9.17) is 11.6 Å². The summed E-state index contributed by atoms with van der Waals surface area (Å²) >= 11 is 5.88. The predicted molar refractivity (Wildman–Crippen MR) is 78.3 cm³/mol. The third kappa shape index (κ3) is 4.16. The van der Waals surface area contributed by atoms with Crippen LogP contribution in [-0.2, 0) is 4.79 Å². The number of halogens is 1. The lowest BCUT2D eigenvalue weighted by atomic mass is 10.0. The number of nitro groups is 1. The van der Waals surface area contributed by atoms with Crippen molar-refractivity contribution in [1.29, 1.82) is 0 Å². The molecule has 1 unspecified atom stereocenters. The van der Waals surface area contributed by atoms with Crippen LogP contribution >= 0.6 is 11.6 Å². The first-order valence-electron chi connectivity index (χ1n) is 6.24. The zero-order valence-corrected chi connectivity index (χ0v) is 12.6. The third-order valence-electron chi connectivity index (χ3n) is 2.89. The molecule has 21 heavy (non-hydrogen) atoms. The van der Waals surface area contributed by atoms with Gasteiger partial charge in [0, 0.05) is 19.2 Å². The Bertz CT molecular complexity index is 575. The SMILES string of the molecule is CNC(=O)C(NC(=O)c1ccc([N+](=O)[O-])cc1Cl)C(C)C. The Balaban J connectivity index is 2.98. The summed E-state index contributed by atoms with van der Waals surface area (Å²) in [5, 5.41) is 15.6. The van der Waals surface area contributed by atoms with Crippen LogP contribution in [0, 0.1) is 16.0 Å². The molecule has 8 heteroatoms. The maximum absolute atomic E-state index is 12.1. The molecule has 2 N–H and O–H groups in total. The number of nitrogens with zero attached hydrogens (tertiary/aromatic N) is 1. The van der Waals surface area contributed by atoms with Crippen LogP contribution in [0.3, 0.4) is 0 Å². The van der Waals surface area contributed by atoms with E-state index in [1.165, 1.54) is 19.2 Å². The normalized spacial score (nSPS) is 11.9. The van der Waals surface area contributed by atoms with Gasteiger partial charge >= 0.3 is 0 Å². The Morgan fingerprint density at radius 2 is 1.95 bits per heavy atom. The number of carbonyl (C=O) groups excluding carboxylic acids is 2. The summed E-state index contributed by atoms with van der Waals surface area (Å²) in [5.74, 6) is -1.00. The number of carbonyl (C=O) groups is 2. The number of nitrogens with one attached hydrogen (secondary N) is 2. The zero-order valence-electron chi connectivity index (χ0n) is 11.8. The molecular formula is C13H16ClN3O4. The van der Waals surface area contributed by atoms with Crippen molar-refractivity contribution in [2.75, 3.05) is 7.05 Å². The van der Waals surface area contributed by atoms with Crippen molar-refractivity contribution in [2.45, 2.75) is 19.9 Å². The lowest BCUT2D eigenvalue weighted by molar-refractivity contribution is -0.384. The first-order chi connectivity index (χ1) is 9.77. The maximum atomic E-state index is 12.1. The van der Waals surface area contributed by atoms with Crippen LogP contribution in [0.1, 0.15) is 24.2 Å². The molecule has 0 aromatic heterocycles. The van der Waals surface area contributed by atoms with Gasteiger partial charge in [0.1, 0.15) is 6.04 Å². The van der Waals surface area contributed by atoms with Gasteiger partial charge in [-0.1, -0.05) is 25.4 Å². The molecule has 1 rings (SSSR count). The van der Waals surface area contributed by atoms with E-state index in [1.54, 1.807) is 13.8 Å². The fourth-order valence-electron chi connectivity index (χ4n) is 1.71. The van der Waals surface area contributed by atoms with Gasteiger partial charge in [-0.2, -0.15) is 0 Å². The highest BCUT2D eigenvalue weighted by Crippen LogP contribution is 2.22. The molecule has 1 aromatic carbocycles. The van der Waals surface area contributed by atoms with Crippen LogP contribution in [0.2, 0.25) is 5.02 Å². The Hall–Kier alpha value is -2.15. The van der Waals surface area contributed by atoms with Crippen LogP contribution in [0.15, 0.2) is 18.2 Å². The Kier molecular flexibility index (Phi) is 5.66. The van der Waals surface area contributed by atoms with E-state index in [0.29, 0.717) is 0 Å². The fourth-order valence-corrected chi connectivity index (χ4v) is 1.97. The Labute approximate surface area is 126 Å². The molecule has 0 saturated heterocycles. The van der Waals surface area contributed by atoms with Gasteiger partial charge in [-0.3, -0.25) is 19.7 Å². The first-order valence-corrected chi connectivity index (χ1v) is 6.62. The summed E-state index contributed by atoms with van der Waals surface area (Å²) in [4.78, 5) is 33.9. The van der Waals surface area contributed by atoms with Gasteiger partial charge in [-0.25, -0.2) is 0 Å². The zero-order chi connectivity index (χ0) is 16.2. The van der Waals surface area contributed by atoms with E-state index >= 15 is 0 Å². The van der Waals surface area contributed by atoms with Gasteiger partial charge in [-0.05, 0) is 12.0 Å². The van der Waals surface area contributed by atoms with E-state index in [2.05, 4.69) is 10.6 Å². The van der Waals surface area contributed by atoms with Crippen molar-refractivity contribution < 1.29 is 14.5 Å². The Morgan fingerprint density at radius 1 is 1.33 bits per heavy atom. The molecule has 0 heterocycles. The van der Waals surface area contributed by atoms with Crippen molar-refractivity contribution in [3.8, 4) is 0 Å². The van der Waals surface area contributed by atoms with Crippen molar-refractivity contribution in [3.05, 3.63) is 38.9 Å². The molecule has 2 amide bonds. The molecule has 0 spiro atoms. The second-order valence-electron chi connectivity index (χ2n) is 4.73. The molecule has 1 aromatic rings. The molecule has 0 radical (unpaired) electrons. The number of nitro benzene ring substituents is 1. The highest BCUT2D eigenvalue weighted by Gasteiger charge is 2.25. The summed E-state index contributed by atoms with van der Waals surface area (Å²) in [5.41, 5.74) is -0.125. The highest BCUT2D eigenvalue weighted by atomic mass is 35.5. The van der Waals surface area contributed by atoms with Crippen LogP contribution in [-0.4, -0.2) is 29.8 Å². The summed E-state index contributed by atoms with van der Waals surface area (Å²) in [6, 6.07) is 2.83. The predicted octanol–water partition coefficient (Wildman–Crippen LogP) is 1.75. The number of hydrogen-bond donors (Lipinski definition) is 2. The van der Waals surface area contributed by atoms with Crippen LogP contribution in [0.4, 0.5) is 5.69 Å². The minimum atomic E-state index is -0.714. The van der Waals surface area contributed by atoms with Gasteiger partial charge in [0.25, 0.3) is 11.6 Å². The smallest absolute Gasteiger partial charge is 0.270 e. The first kappa shape index (κ1) is 16.9. The second kappa shape index (κ2) is 7.03. The van der Waals surface area contributed by atoms with Crippen molar-refractivity contribution >= 4 is 29.1 Å². The van der Waals surface area contributed by atoms with Crippen molar-refractivity contribution in [3.63, 3.8) is 0 Å². The van der Waals surface area contributed by atoms with Gasteiger partial charge in [0.2, 0.25) is 5.91 Å². The number of non-ortho nitro benzene ring substituents is 1. The average Bonchev–Trinajstić information content (AvgIpc) is 2.42. The van der Waals surface area contributed by atoms with Gasteiger partial charge in [0.15, 0.2) is 0 Å². The standard InChI is InChI=1S/C13H16ClN3O4/c1-7(2)11(13(19)15-3)16-12(18)9-5-4-8(17(20)21)6-10(9)14/h4-7,11H,1-3H3,(H,15,19)(H,16,18). The molecule has 7 nitrogen and oxygen atoms in total. The number of rotatable bonds is 5. The molecule has 1 atom stereocenters. The summed E-state index contributed by atoms with van der Waals surface area (Å²) in [6.07, 6.45) is 0. The highest BCUT2D eigenvalue weighted by molar-refractivity contribution is 6.34. The molecule has 0 bridgehead atoms. The number of likely N-dealkylation sites (N-methyl/N-ethyl adjacent to an activating group) is 1. The lowest BCUT2D eigenvalue weighted by Gasteiger charge is -2.20. The molecule has 0 saturated carbocycles. The monoisotopic (exact) mass is 313 g/mol. The van der Waals surface area contributed by atoms with Gasteiger partial charge in [0.05, 0.1) is 15.5 Å². The third-order valence-corrected chi connectivity index (χ3v) is 3.20. The molecule has 0 aliphatic heterocycles. The topological polar surface area (TPSA) is 101 Å². The molecular weight excluding hydrogens is 298 g/mol. The summed E-state index contributed by atoms with van der Waals surface area (Å²) in [7, 11) is 1.47. The van der Waals surface area contributed by atoms with Crippen LogP contribution in [0.5, 0.6) is 0 Å².